The number of unbranched alkanes of at least 4 members (excludes halogenated alkanes) is 1. The number of nitrogens with zero attached hydrogens (tertiary/aromatic N) is 3. The van der Waals surface area contributed by atoms with Crippen molar-refractivity contribution in [2.75, 3.05) is 72.6 Å². The lowest BCUT2D eigenvalue weighted by Gasteiger charge is -2.26. The fourth-order valence-corrected chi connectivity index (χ4v) is 2.56. The summed E-state index contributed by atoms with van der Waals surface area (Å²) in [4.78, 5) is 9.51. The number of aliphatic imine (C=N–C) groups is 1. The zero-order valence-electron chi connectivity index (χ0n) is 15.9. The van der Waals surface area contributed by atoms with Crippen molar-refractivity contribution >= 4 is 29.9 Å². The molecule has 24 heavy (non-hydrogen) atoms. The number of hydrogen-bond donors (Lipinski definition) is 2. The summed E-state index contributed by atoms with van der Waals surface area (Å²) in [5, 5.41) is 6.75. The summed E-state index contributed by atoms with van der Waals surface area (Å²) < 4.78 is 5.37. The summed E-state index contributed by atoms with van der Waals surface area (Å²) in [5.41, 5.74) is 0. The molecule has 0 bridgehead atoms. The minimum Gasteiger partial charge on any atom is -0.379 e. The van der Waals surface area contributed by atoms with E-state index in [4.69, 9.17) is 4.74 Å². The number of guanidine groups is 1. The first kappa shape index (κ1) is 23.9. The van der Waals surface area contributed by atoms with Crippen molar-refractivity contribution < 1.29 is 4.74 Å². The highest BCUT2D eigenvalue weighted by Crippen LogP contribution is 1.98. The molecule has 1 rings (SSSR count). The predicted octanol–water partition coefficient (Wildman–Crippen LogP) is 1.61. The monoisotopic (exact) mass is 455 g/mol. The quantitative estimate of drug-likeness (QED) is 0.215. The molecule has 0 unspecified atom stereocenters. The van der Waals surface area contributed by atoms with E-state index in [-0.39, 0.29) is 24.0 Å². The van der Waals surface area contributed by atoms with Gasteiger partial charge in [0.25, 0.3) is 0 Å². The van der Waals surface area contributed by atoms with Gasteiger partial charge in [-0.1, -0.05) is 13.3 Å². The third-order valence-corrected chi connectivity index (χ3v) is 4.03. The molecule has 0 amide bonds. The average Bonchev–Trinajstić information content (AvgIpc) is 2.57. The van der Waals surface area contributed by atoms with Gasteiger partial charge in [0.1, 0.15) is 0 Å². The van der Waals surface area contributed by atoms with Crippen LogP contribution >= 0.6 is 24.0 Å². The summed E-state index contributed by atoms with van der Waals surface area (Å²) in [5.74, 6) is 0.943. The van der Waals surface area contributed by atoms with Crippen molar-refractivity contribution in [1.29, 1.82) is 0 Å². The molecular weight excluding hydrogens is 417 g/mol. The van der Waals surface area contributed by atoms with Gasteiger partial charge < -0.3 is 20.3 Å². The van der Waals surface area contributed by atoms with Gasteiger partial charge in [0.05, 0.1) is 13.2 Å². The molecule has 2 N–H and O–H groups in total. The minimum atomic E-state index is 0. The second kappa shape index (κ2) is 16.4. The van der Waals surface area contributed by atoms with E-state index in [0.29, 0.717) is 0 Å². The van der Waals surface area contributed by atoms with Crippen molar-refractivity contribution in [3.05, 3.63) is 0 Å². The van der Waals surface area contributed by atoms with Crippen LogP contribution in [0.25, 0.3) is 0 Å². The van der Waals surface area contributed by atoms with E-state index in [0.717, 1.165) is 71.4 Å². The van der Waals surface area contributed by atoms with Crippen molar-refractivity contribution in [2.45, 2.75) is 33.1 Å². The fourth-order valence-electron chi connectivity index (χ4n) is 2.56. The number of halogens is 1. The average molecular weight is 455 g/mol. The number of hydrogen-bond acceptors (Lipinski definition) is 4. The van der Waals surface area contributed by atoms with Gasteiger partial charge in [-0.15, -0.1) is 24.0 Å². The molecule has 144 valence electrons. The van der Waals surface area contributed by atoms with Crippen LogP contribution in [0.5, 0.6) is 0 Å². The molecule has 0 aromatic heterocycles. The third kappa shape index (κ3) is 12.3. The van der Waals surface area contributed by atoms with E-state index in [2.05, 4.69) is 46.3 Å². The van der Waals surface area contributed by atoms with Gasteiger partial charge in [-0.05, 0) is 33.4 Å². The first-order chi connectivity index (χ1) is 11.3. The first-order valence-corrected chi connectivity index (χ1v) is 9.27. The van der Waals surface area contributed by atoms with Crippen molar-refractivity contribution in [3.8, 4) is 0 Å². The molecule has 0 aromatic rings. The van der Waals surface area contributed by atoms with Crippen LogP contribution in [0.1, 0.15) is 33.1 Å². The molecule has 0 aromatic carbocycles. The van der Waals surface area contributed by atoms with Crippen LogP contribution in [0.3, 0.4) is 0 Å². The Bertz CT molecular complexity index is 311. The first-order valence-electron chi connectivity index (χ1n) is 9.27. The Morgan fingerprint density at radius 3 is 2.54 bits per heavy atom. The summed E-state index contributed by atoms with van der Waals surface area (Å²) in [7, 11) is 2.18. The zero-order valence-corrected chi connectivity index (χ0v) is 18.2. The zero-order chi connectivity index (χ0) is 16.8. The van der Waals surface area contributed by atoms with Crippen LogP contribution < -0.4 is 10.6 Å². The maximum absolute atomic E-state index is 5.37. The van der Waals surface area contributed by atoms with Crippen LogP contribution in [0.15, 0.2) is 4.99 Å². The largest absolute Gasteiger partial charge is 0.379 e. The lowest BCUT2D eigenvalue weighted by atomic mass is 10.3. The predicted molar refractivity (Wildman–Crippen MR) is 114 cm³/mol. The van der Waals surface area contributed by atoms with Gasteiger partial charge in [-0.3, -0.25) is 9.89 Å². The van der Waals surface area contributed by atoms with E-state index in [9.17, 15) is 0 Å². The Labute approximate surface area is 165 Å². The SMILES string of the molecule is CCCCN(C)CCNC(=NCCCN1CCOCC1)NCC.I. The number of ether oxygens (including phenoxy) is 1. The Morgan fingerprint density at radius 1 is 1.12 bits per heavy atom. The molecule has 0 atom stereocenters. The summed E-state index contributed by atoms with van der Waals surface area (Å²) in [6, 6.07) is 0. The van der Waals surface area contributed by atoms with E-state index < -0.39 is 0 Å². The van der Waals surface area contributed by atoms with Gasteiger partial charge >= 0.3 is 0 Å². The van der Waals surface area contributed by atoms with E-state index in [1.165, 1.54) is 19.4 Å². The maximum Gasteiger partial charge on any atom is 0.191 e. The lowest BCUT2D eigenvalue weighted by molar-refractivity contribution is 0.0377. The third-order valence-electron chi connectivity index (χ3n) is 4.03. The Balaban J connectivity index is 0.00000529. The molecule has 1 fully saturated rings. The molecule has 1 saturated heterocycles. The highest BCUT2D eigenvalue weighted by atomic mass is 127. The highest BCUT2D eigenvalue weighted by Gasteiger charge is 2.09. The number of morpholine rings is 1. The minimum absolute atomic E-state index is 0. The van der Waals surface area contributed by atoms with Crippen molar-refractivity contribution in [3.63, 3.8) is 0 Å². The molecule has 1 heterocycles. The molecule has 6 nitrogen and oxygen atoms in total. The molecule has 1 aliphatic heterocycles. The number of nitrogens with one attached hydrogen (secondary N) is 2. The standard InChI is InChI=1S/C17H37N5O.HI/c1-4-6-10-21(3)12-9-20-17(18-5-2)19-8-7-11-22-13-15-23-16-14-22;/h4-16H2,1-3H3,(H2,18,19,20);1H. The smallest absolute Gasteiger partial charge is 0.191 e. The molecule has 0 spiro atoms. The summed E-state index contributed by atoms with van der Waals surface area (Å²) in [6.45, 7) is 14.3. The van der Waals surface area contributed by atoms with Gasteiger partial charge in [0.2, 0.25) is 0 Å². The second-order valence-electron chi connectivity index (χ2n) is 6.15. The number of likely N-dealkylation sites (N-methyl/N-ethyl adjacent to an activating group) is 1. The Hall–Kier alpha value is -0.120. The molecule has 0 aliphatic carbocycles. The Morgan fingerprint density at radius 2 is 1.88 bits per heavy atom. The van der Waals surface area contributed by atoms with Crippen LogP contribution in [-0.4, -0.2) is 88.4 Å². The molecule has 0 saturated carbocycles. The molecule has 0 radical (unpaired) electrons. The summed E-state index contributed by atoms with van der Waals surface area (Å²) >= 11 is 0. The molecule has 7 heteroatoms. The van der Waals surface area contributed by atoms with Gasteiger partial charge in [0, 0.05) is 45.8 Å². The van der Waals surface area contributed by atoms with Gasteiger partial charge in [-0.2, -0.15) is 0 Å². The summed E-state index contributed by atoms with van der Waals surface area (Å²) in [6.07, 6.45) is 3.63. The normalized spacial score (nSPS) is 16.1. The van der Waals surface area contributed by atoms with Crippen LogP contribution in [0.2, 0.25) is 0 Å². The topological polar surface area (TPSA) is 52.1 Å². The Kier molecular flexibility index (Phi) is 16.3. The second-order valence-corrected chi connectivity index (χ2v) is 6.15. The maximum atomic E-state index is 5.37. The lowest BCUT2D eigenvalue weighted by Crippen LogP contribution is -2.41. The highest BCUT2D eigenvalue weighted by molar-refractivity contribution is 14.0. The van der Waals surface area contributed by atoms with Gasteiger partial charge in [-0.25, -0.2) is 0 Å². The van der Waals surface area contributed by atoms with Crippen LogP contribution in [0, 0.1) is 0 Å². The molecule has 1 aliphatic rings. The van der Waals surface area contributed by atoms with Crippen LogP contribution in [-0.2, 0) is 4.74 Å². The van der Waals surface area contributed by atoms with Crippen molar-refractivity contribution in [2.24, 2.45) is 4.99 Å². The van der Waals surface area contributed by atoms with Crippen molar-refractivity contribution in [1.82, 2.24) is 20.4 Å². The fraction of sp³-hybridized carbons (Fsp3) is 0.941. The van der Waals surface area contributed by atoms with E-state index >= 15 is 0 Å². The van der Waals surface area contributed by atoms with Gasteiger partial charge in [0.15, 0.2) is 5.96 Å². The van der Waals surface area contributed by atoms with E-state index in [1.807, 2.05) is 0 Å². The van der Waals surface area contributed by atoms with Crippen LogP contribution in [0.4, 0.5) is 0 Å². The van der Waals surface area contributed by atoms with E-state index in [1.54, 1.807) is 0 Å². The molecular formula is C17H38IN5O. The number of rotatable bonds is 11.